The zero-order chi connectivity index (χ0) is 11.9. The first-order valence-electron chi connectivity index (χ1n) is 5.70. The fraction of sp³-hybridized carbons (Fsp3) is 0.308. The summed E-state index contributed by atoms with van der Waals surface area (Å²) in [7, 11) is 0. The first-order chi connectivity index (χ1) is 8.38. The van der Waals surface area contributed by atoms with E-state index in [2.05, 4.69) is 23.3 Å². The third-order valence-corrected chi connectivity index (χ3v) is 3.13. The van der Waals surface area contributed by atoms with Gasteiger partial charge in [-0.25, -0.2) is 4.98 Å². The van der Waals surface area contributed by atoms with Gasteiger partial charge in [-0.3, -0.25) is 0 Å². The van der Waals surface area contributed by atoms with E-state index in [4.69, 9.17) is 4.74 Å². The lowest BCUT2D eigenvalue weighted by molar-refractivity contribution is 0.296. The Balaban J connectivity index is 1.91. The van der Waals surface area contributed by atoms with E-state index in [-0.39, 0.29) is 0 Å². The van der Waals surface area contributed by atoms with Crippen LogP contribution in [0, 0.1) is 0 Å². The van der Waals surface area contributed by atoms with Crippen molar-refractivity contribution < 1.29 is 4.74 Å². The molecule has 0 aliphatic heterocycles. The van der Waals surface area contributed by atoms with E-state index in [1.165, 1.54) is 4.88 Å². The molecule has 0 saturated carbocycles. The van der Waals surface area contributed by atoms with E-state index in [0.717, 1.165) is 18.8 Å². The number of nitrogens with zero attached hydrogens (tertiary/aromatic N) is 1. The van der Waals surface area contributed by atoms with E-state index < -0.39 is 0 Å². The molecule has 90 valence electrons. The van der Waals surface area contributed by atoms with Crippen LogP contribution in [0.15, 0.2) is 35.7 Å². The SMILES string of the molecule is CCNCc1cccc(OCc2cccs2)n1. The third kappa shape index (κ3) is 3.84. The quantitative estimate of drug-likeness (QED) is 0.853. The van der Waals surface area contributed by atoms with E-state index in [0.29, 0.717) is 12.5 Å². The van der Waals surface area contributed by atoms with Gasteiger partial charge in [0.25, 0.3) is 0 Å². The number of hydrogen-bond donors (Lipinski definition) is 1. The minimum absolute atomic E-state index is 0.593. The van der Waals surface area contributed by atoms with Crippen molar-refractivity contribution in [1.29, 1.82) is 0 Å². The topological polar surface area (TPSA) is 34.1 Å². The Morgan fingerprint density at radius 3 is 3.00 bits per heavy atom. The molecule has 0 amide bonds. The molecule has 0 saturated heterocycles. The standard InChI is InChI=1S/C13H16N2OS/c1-2-14-9-11-5-3-7-13(15-11)16-10-12-6-4-8-17-12/h3-8,14H,2,9-10H2,1H3. The molecule has 3 nitrogen and oxygen atoms in total. The van der Waals surface area contributed by atoms with Gasteiger partial charge in [0.05, 0.1) is 5.69 Å². The maximum atomic E-state index is 5.64. The van der Waals surface area contributed by atoms with Crippen LogP contribution in [0.1, 0.15) is 17.5 Å². The summed E-state index contributed by atoms with van der Waals surface area (Å²) >= 11 is 1.70. The highest BCUT2D eigenvalue weighted by Crippen LogP contribution is 2.13. The van der Waals surface area contributed by atoms with Crippen LogP contribution in [-0.4, -0.2) is 11.5 Å². The van der Waals surface area contributed by atoms with Crippen molar-refractivity contribution in [2.75, 3.05) is 6.54 Å². The predicted molar refractivity (Wildman–Crippen MR) is 70.3 cm³/mol. The lowest BCUT2D eigenvalue weighted by Gasteiger charge is -2.06. The molecule has 1 N–H and O–H groups in total. The smallest absolute Gasteiger partial charge is 0.213 e. The zero-order valence-corrected chi connectivity index (χ0v) is 10.7. The third-order valence-electron chi connectivity index (χ3n) is 2.28. The molecule has 0 aromatic carbocycles. The van der Waals surface area contributed by atoms with Gasteiger partial charge in [0.1, 0.15) is 6.61 Å². The van der Waals surface area contributed by atoms with Crippen LogP contribution >= 0.6 is 11.3 Å². The molecule has 0 fully saturated rings. The van der Waals surface area contributed by atoms with Crippen LogP contribution in [0.25, 0.3) is 0 Å². The molecular formula is C13H16N2OS. The van der Waals surface area contributed by atoms with Crippen molar-refractivity contribution in [3.05, 3.63) is 46.3 Å². The maximum absolute atomic E-state index is 5.64. The van der Waals surface area contributed by atoms with Crippen LogP contribution in [-0.2, 0) is 13.2 Å². The fourth-order valence-electron chi connectivity index (χ4n) is 1.43. The normalized spacial score (nSPS) is 10.4. The van der Waals surface area contributed by atoms with Crippen LogP contribution in [0.3, 0.4) is 0 Å². The number of thiophene rings is 1. The summed E-state index contributed by atoms with van der Waals surface area (Å²) in [5.74, 6) is 0.689. The Bertz CT molecular complexity index is 442. The molecule has 2 heterocycles. The average molecular weight is 248 g/mol. The van der Waals surface area contributed by atoms with Gasteiger partial charge in [0.2, 0.25) is 5.88 Å². The van der Waals surface area contributed by atoms with Crippen LogP contribution in [0.4, 0.5) is 0 Å². The summed E-state index contributed by atoms with van der Waals surface area (Å²) in [5, 5.41) is 5.29. The zero-order valence-electron chi connectivity index (χ0n) is 9.85. The summed E-state index contributed by atoms with van der Waals surface area (Å²) in [6.45, 7) is 4.40. The van der Waals surface area contributed by atoms with E-state index in [1.54, 1.807) is 11.3 Å². The summed E-state index contributed by atoms with van der Waals surface area (Å²) in [6.07, 6.45) is 0. The average Bonchev–Trinajstić information content (AvgIpc) is 2.87. The maximum Gasteiger partial charge on any atom is 0.213 e. The summed E-state index contributed by atoms with van der Waals surface area (Å²) in [4.78, 5) is 5.64. The molecule has 2 aromatic rings. The van der Waals surface area contributed by atoms with Gasteiger partial charge >= 0.3 is 0 Å². The summed E-state index contributed by atoms with van der Waals surface area (Å²) in [6, 6.07) is 9.96. The van der Waals surface area contributed by atoms with Gasteiger partial charge in [0, 0.05) is 17.5 Å². The Morgan fingerprint density at radius 2 is 2.24 bits per heavy atom. The minimum atomic E-state index is 0.593. The highest BCUT2D eigenvalue weighted by Gasteiger charge is 1.99. The molecule has 0 atom stereocenters. The van der Waals surface area contributed by atoms with Crippen molar-refractivity contribution in [1.82, 2.24) is 10.3 Å². The minimum Gasteiger partial charge on any atom is -0.472 e. The van der Waals surface area contributed by atoms with Gasteiger partial charge in [-0.1, -0.05) is 19.1 Å². The Hall–Kier alpha value is -1.39. The lowest BCUT2D eigenvalue weighted by atomic mass is 10.3. The van der Waals surface area contributed by atoms with Crippen LogP contribution in [0.2, 0.25) is 0 Å². The molecule has 2 rings (SSSR count). The van der Waals surface area contributed by atoms with Crippen LogP contribution in [0.5, 0.6) is 5.88 Å². The molecular weight excluding hydrogens is 232 g/mol. The van der Waals surface area contributed by atoms with Gasteiger partial charge in [-0.15, -0.1) is 11.3 Å². The second-order valence-electron chi connectivity index (χ2n) is 3.62. The number of pyridine rings is 1. The van der Waals surface area contributed by atoms with E-state index in [9.17, 15) is 0 Å². The number of nitrogens with one attached hydrogen (secondary N) is 1. The van der Waals surface area contributed by atoms with Crippen molar-refractivity contribution in [2.24, 2.45) is 0 Å². The predicted octanol–water partition coefficient (Wildman–Crippen LogP) is 2.83. The Kier molecular flexibility index (Phi) is 4.53. The molecule has 17 heavy (non-hydrogen) atoms. The van der Waals surface area contributed by atoms with E-state index >= 15 is 0 Å². The molecule has 0 bridgehead atoms. The molecule has 0 aliphatic rings. The van der Waals surface area contributed by atoms with Gasteiger partial charge in [-0.05, 0) is 24.1 Å². The van der Waals surface area contributed by atoms with Gasteiger partial charge < -0.3 is 10.1 Å². The number of hydrogen-bond acceptors (Lipinski definition) is 4. The molecule has 0 spiro atoms. The fourth-order valence-corrected chi connectivity index (χ4v) is 2.05. The van der Waals surface area contributed by atoms with Gasteiger partial charge in [0.15, 0.2) is 0 Å². The van der Waals surface area contributed by atoms with Crippen LogP contribution < -0.4 is 10.1 Å². The highest BCUT2D eigenvalue weighted by atomic mass is 32.1. The Labute approximate surface area is 105 Å². The number of ether oxygens (including phenoxy) is 1. The van der Waals surface area contributed by atoms with Crippen molar-refractivity contribution >= 4 is 11.3 Å². The summed E-state index contributed by atoms with van der Waals surface area (Å²) < 4.78 is 5.64. The molecule has 0 unspecified atom stereocenters. The second kappa shape index (κ2) is 6.37. The molecule has 0 aliphatic carbocycles. The first kappa shape index (κ1) is 12.1. The highest BCUT2D eigenvalue weighted by molar-refractivity contribution is 7.09. The van der Waals surface area contributed by atoms with E-state index in [1.807, 2.05) is 29.6 Å². The van der Waals surface area contributed by atoms with Crippen molar-refractivity contribution in [3.63, 3.8) is 0 Å². The van der Waals surface area contributed by atoms with Gasteiger partial charge in [-0.2, -0.15) is 0 Å². The monoisotopic (exact) mass is 248 g/mol. The van der Waals surface area contributed by atoms with Crippen molar-refractivity contribution in [3.8, 4) is 5.88 Å². The number of rotatable bonds is 6. The molecule has 0 radical (unpaired) electrons. The summed E-state index contributed by atoms with van der Waals surface area (Å²) in [5.41, 5.74) is 1.01. The number of aromatic nitrogens is 1. The lowest BCUT2D eigenvalue weighted by Crippen LogP contribution is -2.13. The second-order valence-corrected chi connectivity index (χ2v) is 4.65. The molecule has 4 heteroatoms. The Morgan fingerprint density at radius 1 is 1.29 bits per heavy atom. The van der Waals surface area contributed by atoms with Crippen molar-refractivity contribution in [2.45, 2.75) is 20.1 Å². The molecule has 2 aromatic heterocycles. The largest absolute Gasteiger partial charge is 0.472 e. The first-order valence-corrected chi connectivity index (χ1v) is 6.58.